The predicted octanol–water partition coefficient (Wildman–Crippen LogP) is 1.33. The highest BCUT2D eigenvalue weighted by Crippen LogP contribution is 2.34. The molecule has 1 aromatic rings. The van der Waals surface area contributed by atoms with E-state index in [4.69, 9.17) is 4.99 Å². The summed E-state index contributed by atoms with van der Waals surface area (Å²) in [5, 5.41) is 3.03. The molecule has 1 aromatic carbocycles. The van der Waals surface area contributed by atoms with Crippen LogP contribution in [0.5, 0.6) is 0 Å². The van der Waals surface area contributed by atoms with Gasteiger partial charge in [0.1, 0.15) is 5.71 Å². The number of piperidine rings is 1. The fraction of sp³-hybridized carbons (Fsp3) is 0.471. The summed E-state index contributed by atoms with van der Waals surface area (Å²) in [5.41, 5.74) is 0.703. The molecule has 5 nitrogen and oxygen atoms in total. The van der Waals surface area contributed by atoms with Crippen LogP contribution in [-0.2, 0) is 9.59 Å². The molecule has 1 saturated heterocycles. The van der Waals surface area contributed by atoms with Crippen molar-refractivity contribution in [2.75, 3.05) is 13.1 Å². The Kier molecular flexibility index (Phi) is 3.03. The molecule has 4 rings (SSSR count). The van der Waals surface area contributed by atoms with Crippen molar-refractivity contribution in [2.45, 2.75) is 31.3 Å². The van der Waals surface area contributed by atoms with E-state index in [1.165, 1.54) is 0 Å². The average Bonchev–Trinajstić information content (AvgIpc) is 3.33. The normalized spacial score (nSPS) is 27.7. The zero-order valence-electron chi connectivity index (χ0n) is 12.4. The maximum absolute atomic E-state index is 12.3. The summed E-state index contributed by atoms with van der Waals surface area (Å²) in [6.07, 6.45) is 3.69. The third kappa shape index (κ3) is 2.30. The van der Waals surface area contributed by atoms with Crippen molar-refractivity contribution in [3.63, 3.8) is 0 Å². The van der Waals surface area contributed by atoms with Crippen LogP contribution in [0, 0.1) is 5.92 Å². The Morgan fingerprint density at radius 1 is 1.27 bits per heavy atom. The first-order chi connectivity index (χ1) is 10.7. The molecule has 1 N–H and O–H groups in total. The summed E-state index contributed by atoms with van der Waals surface area (Å²) in [4.78, 5) is 31.2. The Hall–Kier alpha value is -2.17. The van der Waals surface area contributed by atoms with Crippen molar-refractivity contribution < 1.29 is 9.59 Å². The van der Waals surface area contributed by atoms with E-state index in [0.717, 1.165) is 37.8 Å². The van der Waals surface area contributed by atoms with Gasteiger partial charge < -0.3 is 10.2 Å². The van der Waals surface area contributed by atoms with Gasteiger partial charge in [0.25, 0.3) is 5.91 Å². The highest BCUT2D eigenvalue weighted by Gasteiger charge is 2.45. The number of nitrogens with zero attached hydrogens (tertiary/aromatic N) is 2. The Morgan fingerprint density at radius 3 is 2.77 bits per heavy atom. The summed E-state index contributed by atoms with van der Waals surface area (Å²) in [6, 6.07) is 9.52. The van der Waals surface area contributed by atoms with Gasteiger partial charge in [0.05, 0.1) is 6.54 Å². The first-order valence-electron chi connectivity index (χ1n) is 7.93. The molecular formula is C17H19N3O2. The van der Waals surface area contributed by atoms with Crippen molar-refractivity contribution in [1.29, 1.82) is 0 Å². The number of hydrogen-bond donors (Lipinski definition) is 1. The third-order valence-corrected chi connectivity index (χ3v) is 4.64. The molecule has 2 heterocycles. The van der Waals surface area contributed by atoms with Crippen LogP contribution in [0.1, 0.15) is 31.2 Å². The van der Waals surface area contributed by atoms with Crippen molar-refractivity contribution in [1.82, 2.24) is 10.2 Å². The van der Waals surface area contributed by atoms with Gasteiger partial charge in [-0.3, -0.25) is 9.59 Å². The Balaban J connectivity index is 1.60. The molecule has 0 aromatic heterocycles. The minimum absolute atomic E-state index is 0.132. The highest BCUT2D eigenvalue weighted by molar-refractivity contribution is 6.46. The minimum atomic E-state index is -0.620. The number of carbonyl (C=O) groups excluding carboxylic acids is 2. The number of carbonyl (C=O) groups is 2. The van der Waals surface area contributed by atoms with Crippen LogP contribution in [0.4, 0.5) is 0 Å². The molecule has 3 aliphatic rings. The third-order valence-electron chi connectivity index (χ3n) is 4.64. The average molecular weight is 297 g/mol. The molecule has 2 amide bonds. The largest absolute Gasteiger partial charge is 0.338 e. The second kappa shape index (κ2) is 4.93. The standard InChI is InChI=1S/C17H19N3O2/c21-15-14(12-5-2-1-3-6-12)18-17(19-15)9-4-10-20(11-17)16(22)13-7-8-13/h1-3,5-6,13H,4,7-11H2,(H,19,21)/t17-/m0/s1. The van der Waals surface area contributed by atoms with E-state index in [-0.39, 0.29) is 17.7 Å². The number of rotatable bonds is 2. The van der Waals surface area contributed by atoms with Gasteiger partial charge in [-0.05, 0) is 25.7 Å². The zero-order valence-corrected chi connectivity index (χ0v) is 12.4. The van der Waals surface area contributed by atoms with E-state index >= 15 is 0 Å². The number of likely N-dealkylation sites (tertiary alicyclic amines) is 1. The molecule has 1 aliphatic carbocycles. The summed E-state index contributed by atoms with van der Waals surface area (Å²) >= 11 is 0. The van der Waals surface area contributed by atoms with Crippen molar-refractivity contribution in [3.05, 3.63) is 35.9 Å². The van der Waals surface area contributed by atoms with Crippen molar-refractivity contribution >= 4 is 17.5 Å². The molecule has 22 heavy (non-hydrogen) atoms. The zero-order chi connectivity index (χ0) is 15.2. The van der Waals surface area contributed by atoms with Crippen LogP contribution in [0.25, 0.3) is 0 Å². The van der Waals surface area contributed by atoms with E-state index < -0.39 is 5.66 Å². The lowest BCUT2D eigenvalue weighted by molar-refractivity contribution is -0.135. The predicted molar refractivity (Wildman–Crippen MR) is 82.4 cm³/mol. The summed E-state index contributed by atoms with van der Waals surface area (Å²) < 4.78 is 0. The lowest BCUT2D eigenvalue weighted by Crippen LogP contribution is -2.56. The van der Waals surface area contributed by atoms with E-state index in [1.807, 2.05) is 35.2 Å². The SMILES string of the molecule is O=C1N[C@]2(CCCN(C(=O)C3CC3)C2)N=C1c1ccccc1. The van der Waals surface area contributed by atoms with Crippen LogP contribution >= 0.6 is 0 Å². The molecule has 0 unspecified atom stereocenters. The van der Waals surface area contributed by atoms with Crippen molar-refractivity contribution in [2.24, 2.45) is 10.9 Å². The van der Waals surface area contributed by atoms with Crippen LogP contribution < -0.4 is 5.32 Å². The van der Waals surface area contributed by atoms with Gasteiger partial charge in [-0.2, -0.15) is 0 Å². The van der Waals surface area contributed by atoms with Gasteiger partial charge in [-0.25, -0.2) is 4.99 Å². The highest BCUT2D eigenvalue weighted by atomic mass is 16.2. The topological polar surface area (TPSA) is 61.8 Å². The molecule has 0 radical (unpaired) electrons. The molecule has 1 saturated carbocycles. The van der Waals surface area contributed by atoms with Gasteiger partial charge in [0.2, 0.25) is 5.91 Å². The smallest absolute Gasteiger partial charge is 0.272 e. The van der Waals surface area contributed by atoms with Crippen LogP contribution in [0.15, 0.2) is 35.3 Å². The van der Waals surface area contributed by atoms with Gasteiger partial charge >= 0.3 is 0 Å². The van der Waals surface area contributed by atoms with E-state index in [1.54, 1.807) is 0 Å². The first kappa shape index (κ1) is 13.5. The molecule has 2 aliphatic heterocycles. The van der Waals surface area contributed by atoms with Gasteiger partial charge in [-0.15, -0.1) is 0 Å². The quantitative estimate of drug-likeness (QED) is 0.895. The summed E-state index contributed by atoms with van der Waals surface area (Å²) in [5.74, 6) is 0.313. The van der Waals surface area contributed by atoms with Crippen LogP contribution in [0.2, 0.25) is 0 Å². The van der Waals surface area contributed by atoms with E-state index in [9.17, 15) is 9.59 Å². The lowest BCUT2D eigenvalue weighted by Gasteiger charge is -2.38. The monoisotopic (exact) mass is 297 g/mol. The molecule has 2 fully saturated rings. The number of amides is 2. The number of hydrogen-bond acceptors (Lipinski definition) is 3. The Labute approximate surface area is 129 Å². The van der Waals surface area contributed by atoms with Gasteiger partial charge in [0, 0.05) is 18.0 Å². The maximum atomic E-state index is 12.3. The molecular weight excluding hydrogens is 278 g/mol. The van der Waals surface area contributed by atoms with Crippen molar-refractivity contribution in [3.8, 4) is 0 Å². The second-order valence-electron chi connectivity index (χ2n) is 6.45. The van der Waals surface area contributed by atoms with E-state index in [0.29, 0.717) is 12.3 Å². The first-order valence-corrected chi connectivity index (χ1v) is 7.93. The summed E-state index contributed by atoms with van der Waals surface area (Å²) in [7, 11) is 0. The number of aliphatic imine (C=N–C) groups is 1. The fourth-order valence-electron chi connectivity index (χ4n) is 3.36. The maximum Gasteiger partial charge on any atom is 0.272 e. The minimum Gasteiger partial charge on any atom is -0.338 e. The van der Waals surface area contributed by atoms with Crippen LogP contribution in [-0.4, -0.2) is 41.2 Å². The van der Waals surface area contributed by atoms with Gasteiger partial charge in [-0.1, -0.05) is 30.3 Å². The molecule has 5 heteroatoms. The summed E-state index contributed by atoms with van der Waals surface area (Å²) in [6.45, 7) is 1.29. The molecule has 1 atom stereocenters. The molecule has 114 valence electrons. The van der Waals surface area contributed by atoms with E-state index in [2.05, 4.69) is 5.32 Å². The number of benzene rings is 1. The fourth-order valence-corrected chi connectivity index (χ4v) is 3.36. The molecule has 1 spiro atoms. The molecule has 0 bridgehead atoms. The Morgan fingerprint density at radius 2 is 2.05 bits per heavy atom. The Bertz CT molecular complexity index is 651. The lowest BCUT2D eigenvalue weighted by atomic mass is 9.99. The van der Waals surface area contributed by atoms with Gasteiger partial charge in [0.15, 0.2) is 5.66 Å². The number of nitrogens with one attached hydrogen (secondary N) is 1. The van der Waals surface area contributed by atoms with Crippen LogP contribution in [0.3, 0.4) is 0 Å². The second-order valence-corrected chi connectivity index (χ2v) is 6.45.